The Morgan fingerprint density at radius 3 is 3.15 bits per heavy atom. The van der Waals surface area contributed by atoms with E-state index in [-0.39, 0.29) is 23.7 Å². The summed E-state index contributed by atoms with van der Waals surface area (Å²) in [5.74, 6) is -0.150. The van der Waals surface area contributed by atoms with E-state index in [1.807, 2.05) is 6.07 Å². The van der Waals surface area contributed by atoms with Crippen LogP contribution in [-0.2, 0) is 11.2 Å². The molecule has 0 radical (unpaired) electrons. The lowest BCUT2D eigenvalue weighted by Crippen LogP contribution is -2.15. The van der Waals surface area contributed by atoms with E-state index in [1.54, 1.807) is 0 Å². The van der Waals surface area contributed by atoms with E-state index in [4.69, 9.17) is 11.0 Å². The molecule has 1 aliphatic heterocycles. The van der Waals surface area contributed by atoms with E-state index in [0.29, 0.717) is 5.69 Å². The van der Waals surface area contributed by atoms with Gasteiger partial charge in [0.05, 0.1) is 12.1 Å². The van der Waals surface area contributed by atoms with Crippen molar-refractivity contribution in [3.05, 3.63) is 11.3 Å². The fraction of sp³-hybridized carbons (Fsp3) is 0.143. The minimum Gasteiger partial charge on any atom is -0.381 e. The summed E-state index contributed by atoms with van der Waals surface area (Å²) in [5.41, 5.74) is 6.23. The van der Waals surface area contributed by atoms with Gasteiger partial charge in [0.1, 0.15) is 18.0 Å². The number of aromatic nitrogens is 2. The van der Waals surface area contributed by atoms with Gasteiger partial charge in [0.15, 0.2) is 5.82 Å². The van der Waals surface area contributed by atoms with Crippen LogP contribution in [0.15, 0.2) is 4.99 Å². The number of nitriles is 1. The molecule has 1 aliphatic rings. The molecule has 2 N–H and O–H groups in total. The van der Waals surface area contributed by atoms with Gasteiger partial charge in [-0.25, -0.2) is 9.67 Å². The first-order valence-corrected chi connectivity index (χ1v) is 3.56. The van der Waals surface area contributed by atoms with Gasteiger partial charge >= 0.3 is 0 Å². The van der Waals surface area contributed by atoms with Crippen LogP contribution in [0.4, 0.5) is 5.82 Å². The van der Waals surface area contributed by atoms with Gasteiger partial charge in [0.2, 0.25) is 0 Å². The molecule has 64 valence electrons. The van der Waals surface area contributed by atoms with Gasteiger partial charge in [-0.2, -0.15) is 5.26 Å². The molecule has 6 nitrogen and oxygen atoms in total. The van der Waals surface area contributed by atoms with Crippen molar-refractivity contribution >= 4 is 18.1 Å². The molecule has 1 amide bonds. The predicted molar refractivity (Wildman–Crippen MR) is 44.0 cm³/mol. The summed E-state index contributed by atoms with van der Waals surface area (Å²) in [5, 5.41) is 12.5. The average molecular weight is 175 g/mol. The van der Waals surface area contributed by atoms with E-state index in [0.717, 1.165) is 0 Å². The third kappa shape index (κ3) is 0.980. The summed E-state index contributed by atoms with van der Waals surface area (Å²) < 4.78 is 1.36. The van der Waals surface area contributed by atoms with Crippen LogP contribution in [0.2, 0.25) is 0 Å². The molecule has 0 unspecified atom stereocenters. The number of hydrogen-bond donors (Lipinski definition) is 1. The summed E-state index contributed by atoms with van der Waals surface area (Å²) >= 11 is 0. The molecular formula is C7H5N5O. The molecule has 13 heavy (non-hydrogen) atoms. The van der Waals surface area contributed by atoms with Gasteiger partial charge in [0, 0.05) is 0 Å². The molecule has 0 fully saturated rings. The molecule has 0 saturated heterocycles. The van der Waals surface area contributed by atoms with Crippen LogP contribution in [0.1, 0.15) is 11.3 Å². The number of amides is 1. The van der Waals surface area contributed by atoms with Gasteiger partial charge in [0.25, 0.3) is 5.91 Å². The van der Waals surface area contributed by atoms with Crippen molar-refractivity contribution in [2.45, 2.75) is 6.42 Å². The second-order valence-corrected chi connectivity index (χ2v) is 2.58. The van der Waals surface area contributed by atoms with E-state index in [9.17, 15) is 4.79 Å². The van der Waals surface area contributed by atoms with E-state index in [1.165, 1.54) is 11.0 Å². The third-order valence-electron chi connectivity index (χ3n) is 1.78. The maximum atomic E-state index is 10.9. The normalized spacial score (nSPS) is 13.9. The lowest BCUT2D eigenvalue weighted by atomic mass is 10.2. The van der Waals surface area contributed by atoms with Gasteiger partial charge < -0.3 is 5.73 Å². The Morgan fingerprint density at radius 2 is 2.46 bits per heavy atom. The Morgan fingerprint density at radius 1 is 1.69 bits per heavy atom. The van der Waals surface area contributed by atoms with Crippen molar-refractivity contribution in [3.63, 3.8) is 0 Å². The number of carbonyl (C=O) groups excluding carboxylic acids is 1. The smallest absolute Gasteiger partial charge is 0.253 e. The van der Waals surface area contributed by atoms with Crippen LogP contribution >= 0.6 is 0 Å². The van der Waals surface area contributed by atoms with Crippen molar-refractivity contribution in [2.75, 3.05) is 5.73 Å². The zero-order valence-corrected chi connectivity index (χ0v) is 6.56. The van der Waals surface area contributed by atoms with Gasteiger partial charge in [-0.3, -0.25) is 4.79 Å². The quantitative estimate of drug-likeness (QED) is 0.563. The van der Waals surface area contributed by atoms with Crippen LogP contribution in [0.3, 0.4) is 0 Å². The number of aliphatic imine (C=N–C) groups is 1. The van der Waals surface area contributed by atoms with Crippen LogP contribution in [0, 0.1) is 11.3 Å². The highest BCUT2D eigenvalue weighted by molar-refractivity contribution is 5.90. The van der Waals surface area contributed by atoms with E-state index >= 15 is 0 Å². The number of nitrogen functional groups attached to an aromatic ring is 1. The van der Waals surface area contributed by atoms with Crippen molar-refractivity contribution < 1.29 is 4.79 Å². The standard InChI is InChI=1S/C7H5N5O/c8-2-4-5-1-6(13)10-3-12(5)11-7(4)9/h3H,1H2,(H2,9,11). The number of rotatable bonds is 0. The summed E-state index contributed by atoms with van der Waals surface area (Å²) in [7, 11) is 0. The molecule has 1 aromatic rings. The van der Waals surface area contributed by atoms with Crippen LogP contribution in [0.25, 0.3) is 0 Å². The topological polar surface area (TPSA) is 97.1 Å². The van der Waals surface area contributed by atoms with Crippen molar-refractivity contribution in [1.29, 1.82) is 5.26 Å². The van der Waals surface area contributed by atoms with Gasteiger partial charge in [-0.05, 0) is 0 Å². The summed E-state index contributed by atoms with van der Waals surface area (Å²) in [6.07, 6.45) is 1.35. The fourth-order valence-electron chi connectivity index (χ4n) is 1.18. The Labute approximate surface area is 73.3 Å². The molecule has 0 spiro atoms. The molecule has 6 heteroatoms. The summed E-state index contributed by atoms with van der Waals surface area (Å²) in [6.45, 7) is 0. The van der Waals surface area contributed by atoms with Crippen molar-refractivity contribution in [2.24, 2.45) is 4.99 Å². The first-order chi connectivity index (χ1) is 6.22. The second-order valence-electron chi connectivity index (χ2n) is 2.58. The number of carbonyl (C=O) groups is 1. The van der Waals surface area contributed by atoms with Gasteiger partial charge in [-0.1, -0.05) is 0 Å². The molecule has 0 atom stereocenters. The first-order valence-electron chi connectivity index (χ1n) is 3.56. The SMILES string of the molecule is N#Cc1c(N)nn2c1CC(=O)N=C2. The Hall–Kier alpha value is -2.16. The zero-order chi connectivity index (χ0) is 9.42. The lowest BCUT2D eigenvalue weighted by molar-refractivity contribution is -0.117. The summed E-state index contributed by atoms with van der Waals surface area (Å²) in [6, 6.07) is 1.90. The van der Waals surface area contributed by atoms with Crippen molar-refractivity contribution in [3.8, 4) is 6.07 Å². The number of nitrogens with zero attached hydrogens (tertiary/aromatic N) is 4. The maximum absolute atomic E-state index is 10.9. The Balaban J connectivity index is 2.65. The van der Waals surface area contributed by atoms with E-state index in [2.05, 4.69) is 10.1 Å². The minimum absolute atomic E-state index is 0.0869. The average Bonchev–Trinajstić information content (AvgIpc) is 2.40. The highest BCUT2D eigenvalue weighted by atomic mass is 16.1. The number of nitrogens with two attached hydrogens (primary N) is 1. The van der Waals surface area contributed by atoms with E-state index < -0.39 is 0 Å². The summed E-state index contributed by atoms with van der Waals surface area (Å²) in [4.78, 5) is 14.4. The van der Waals surface area contributed by atoms with Crippen LogP contribution in [-0.4, -0.2) is 22.0 Å². The monoisotopic (exact) mass is 175 g/mol. The first kappa shape index (κ1) is 7.49. The Bertz CT molecular complexity index is 450. The molecule has 0 bridgehead atoms. The van der Waals surface area contributed by atoms with Crippen LogP contribution in [0.5, 0.6) is 0 Å². The molecule has 1 aromatic heterocycles. The highest BCUT2D eigenvalue weighted by Crippen LogP contribution is 2.17. The molecule has 2 heterocycles. The predicted octanol–water partition coefficient (Wildman–Crippen LogP) is -0.704. The number of hydrogen-bond acceptors (Lipinski definition) is 4. The molecular weight excluding hydrogens is 170 g/mol. The lowest BCUT2D eigenvalue weighted by Gasteiger charge is -2.03. The minimum atomic E-state index is -0.288. The largest absolute Gasteiger partial charge is 0.381 e. The number of fused-ring (bicyclic) bond motifs is 1. The van der Waals surface area contributed by atoms with Crippen molar-refractivity contribution in [1.82, 2.24) is 9.78 Å². The molecule has 2 rings (SSSR count). The maximum Gasteiger partial charge on any atom is 0.253 e. The second kappa shape index (κ2) is 2.42. The zero-order valence-electron chi connectivity index (χ0n) is 6.56. The fourth-order valence-corrected chi connectivity index (χ4v) is 1.18. The third-order valence-corrected chi connectivity index (χ3v) is 1.78. The number of anilines is 1. The molecule has 0 aliphatic carbocycles. The molecule has 0 aromatic carbocycles. The highest BCUT2D eigenvalue weighted by Gasteiger charge is 2.20. The van der Waals surface area contributed by atoms with Gasteiger partial charge in [-0.15, -0.1) is 5.10 Å². The van der Waals surface area contributed by atoms with Crippen LogP contribution < -0.4 is 5.73 Å². The molecule has 0 saturated carbocycles. The Kier molecular flexibility index (Phi) is 1.39.